The van der Waals surface area contributed by atoms with Gasteiger partial charge in [0, 0.05) is 19.0 Å². The lowest BCUT2D eigenvalue weighted by Crippen LogP contribution is -2.60. The zero-order valence-electron chi connectivity index (χ0n) is 13.2. The predicted octanol–water partition coefficient (Wildman–Crippen LogP) is 2.62. The molecule has 21 heavy (non-hydrogen) atoms. The van der Waals surface area contributed by atoms with Crippen molar-refractivity contribution >= 4 is 11.8 Å². The van der Waals surface area contributed by atoms with E-state index in [0.29, 0.717) is 24.9 Å². The number of hydrogen-bond acceptors (Lipinski definition) is 2. The van der Waals surface area contributed by atoms with Gasteiger partial charge in [-0.1, -0.05) is 39.0 Å². The molecule has 1 spiro atoms. The molecule has 2 aliphatic carbocycles. The van der Waals surface area contributed by atoms with Crippen LogP contribution in [0, 0.1) is 5.92 Å². The van der Waals surface area contributed by atoms with E-state index in [4.69, 9.17) is 0 Å². The van der Waals surface area contributed by atoms with E-state index in [2.05, 4.69) is 17.1 Å². The Balaban J connectivity index is 1.85. The van der Waals surface area contributed by atoms with Gasteiger partial charge in [-0.05, 0) is 31.6 Å². The lowest BCUT2D eigenvalue weighted by Gasteiger charge is -2.43. The van der Waals surface area contributed by atoms with Gasteiger partial charge in [-0.2, -0.15) is 0 Å². The molecule has 3 rings (SSSR count). The van der Waals surface area contributed by atoms with Crippen molar-refractivity contribution in [2.75, 3.05) is 6.54 Å². The van der Waals surface area contributed by atoms with Gasteiger partial charge in [0.15, 0.2) is 0 Å². The monoisotopic (exact) mass is 292 g/mol. The first-order valence-electron chi connectivity index (χ1n) is 8.74. The van der Waals surface area contributed by atoms with Crippen molar-refractivity contribution in [2.45, 2.75) is 82.7 Å². The third-order valence-corrected chi connectivity index (χ3v) is 5.80. The number of nitrogens with zero attached hydrogens (tertiary/aromatic N) is 1. The standard InChI is InChI=1S/C17H28N2O2/c1-13-7-3-4-8-14(13)19-12-9-15(20)18-17(16(19)21)10-5-2-6-11-17/h13-14H,2-12H2,1H3,(H,18,20). The summed E-state index contributed by atoms with van der Waals surface area (Å²) < 4.78 is 0. The van der Waals surface area contributed by atoms with Gasteiger partial charge in [0.05, 0.1) is 0 Å². The fourth-order valence-corrected chi connectivity index (χ4v) is 4.55. The highest BCUT2D eigenvalue weighted by molar-refractivity contribution is 5.93. The van der Waals surface area contributed by atoms with Crippen LogP contribution in [0.15, 0.2) is 0 Å². The van der Waals surface area contributed by atoms with Crippen LogP contribution in [-0.2, 0) is 9.59 Å². The van der Waals surface area contributed by atoms with Gasteiger partial charge in [-0.3, -0.25) is 9.59 Å². The predicted molar refractivity (Wildman–Crippen MR) is 81.7 cm³/mol. The SMILES string of the molecule is CC1CCCCC1N1CCC(=O)NC2(CCCCC2)C1=O. The summed E-state index contributed by atoms with van der Waals surface area (Å²) in [6.45, 7) is 2.88. The molecule has 118 valence electrons. The molecular weight excluding hydrogens is 264 g/mol. The number of carbonyl (C=O) groups excluding carboxylic acids is 2. The van der Waals surface area contributed by atoms with E-state index in [1.807, 2.05) is 0 Å². The maximum absolute atomic E-state index is 13.2. The van der Waals surface area contributed by atoms with Crippen LogP contribution in [0.5, 0.6) is 0 Å². The van der Waals surface area contributed by atoms with Gasteiger partial charge in [-0.15, -0.1) is 0 Å². The lowest BCUT2D eigenvalue weighted by molar-refractivity contribution is -0.144. The summed E-state index contributed by atoms with van der Waals surface area (Å²) in [6.07, 6.45) is 10.2. The van der Waals surface area contributed by atoms with Crippen LogP contribution in [0.3, 0.4) is 0 Å². The Labute approximate surface area is 127 Å². The molecule has 2 unspecified atom stereocenters. The molecule has 3 aliphatic rings. The van der Waals surface area contributed by atoms with Crippen molar-refractivity contribution in [3.05, 3.63) is 0 Å². The first kappa shape index (κ1) is 14.9. The zero-order valence-corrected chi connectivity index (χ0v) is 13.2. The van der Waals surface area contributed by atoms with E-state index in [1.165, 1.54) is 25.7 Å². The highest BCUT2D eigenvalue weighted by Crippen LogP contribution is 2.35. The van der Waals surface area contributed by atoms with Crippen molar-refractivity contribution in [3.8, 4) is 0 Å². The first-order chi connectivity index (χ1) is 10.1. The highest BCUT2D eigenvalue weighted by atomic mass is 16.2. The van der Waals surface area contributed by atoms with E-state index in [9.17, 15) is 9.59 Å². The van der Waals surface area contributed by atoms with E-state index in [0.717, 1.165) is 32.1 Å². The zero-order chi connectivity index (χ0) is 14.9. The molecule has 2 saturated carbocycles. The second-order valence-corrected chi connectivity index (χ2v) is 7.27. The fraction of sp³-hybridized carbons (Fsp3) is 0.882. The molecule has 0 radical (unpaired) electrons. The number of carbonyl (C=O) groups is 2. The van der Waals surface area contributed by atoms with E-state index in [-0.39, 0.29) is 11.8 Å². The quantitative estimate of drug-likeness (QED) is 0.807. The Morgan fingerprint density at radius 2 is 1.76 bits per heavy atom. The van der Waals surface area contributed by atoms with Crippen LogP contribution < -0.4 is 5.32 Å². The molecule has 0 aromatic carbocycles. The molecule has 0 aromatic rings. The van der Waals surface area contributed by atoms with E-state index in [1.54, 1.807) is 0 Å². The normalized spacial score (nSPS) is 33.7. The maximum atomic E-state index is 13.2. The van der Waals surface area contributed by atoms with Crippen LogP contribution in [-0.4, -0.2) is 34.8 Å². The molecular formula is C17H28N2O2. The molecule has 4 nitrogen and oxygen atoms in total. The van der Waals surface area contributed by atoms with Crippen molar-refractivity contribution in [2.24, 2.45) is 5.92 Å². The molecule has 4 heteroatoms. The van der Waals surface area contributed by atoms with Crippen LogP contribution in [0.1, 0.15) is 71.1 Å². The first-order valence-corrected chi connectivity index (χ1v) is 8.74. The average molecular weight is 292 g/mol. The molecule has 0 aromatic heterocycles. The van der Waals surface area contributed by atoms with Crippen LogP contribution in [0.2, 0.25) is 0 Å². The van der Waals surface area contributed by atoms with Gasteiger partial charge < -0.3 is 10.2 Å². The van der Waals surface area contributed by atoms with Gasteiger partial charge in [0.1, 0.15) is 5.54 Å². The minimum atomic E-state index is -0.580. The van der Waals surface area contributed by atoms with Crippen molar-refractivity contribution in [1.82, 2.24) is 10.2 Å². The van der Waals surface area contributed by atoms with Crippen LogP contribution in [0.25, 0.3) is 0 Å². The van der Waals surface area contributed by atoms with Gasteiger partial charge >= 0.3 is 0 Å². The third kappa shape index (κ3) is 2.82. The number of hydrogen-bond donors (Lipinski definition) is 1. The Morgan fingerprint density at radius 3 is 2.48 bits per heavy atom. The summed E-state index contributed by atoms with van der Waals surface area (Å²) in [6, 6.07) is 0.345. The summed E-state index contributed by atoms with van der Waals surface area (Å²) in [5.41, 5.74) is -0.580. The molecule has 1 N–H and O–H groups in total. The Kier molecular flexibility index (Phi) is 4.23. The minimum absolute atomic E-state index is 0.0659. The second kappa shape index (κ2) is 5.98. The van der Waals surface area contributed by atoms with Gasteiger partial charge in [-0.25, -0.2) is 0 Å². The highest BCUT2D eigenvalue weighted by Gasteiger charge is 2.47. The topological polar surface area (TPSA) is 49.4 Å². The van der Waals surface area contributed by atoms with Crippen LogP contribution in [0.4, 0.5) is 0 Å². The molecule has 1 aliphatic heterocycles. The number of amides is 2. The summed E-state index contributed by atoms with van der Waals surface area (Å²) in [7, 11) is 0. The van der Waals surface area contributed by atoms with Crippen molar-refractivity contribution < 1.29 is 9.59 Å². The molecule has 2 atom stereocenters. The average Bonchev–Trinajstić information content (AvgIpc) is 2.60. The van der Waals surface area contributed by atoms with E-state index < -0.39 is 5.54 Å². The Morgan fingerprint density at radius 1 is 1.05 bits per heavy atom. The van der Waals surface area contributed by atoms with Gasteiger partial charge in [0.2, 0.25) is 11.8 Å². The summed E-state index contributed by atoms with van der Waals surface area (Å²) >= 11 is 0. The molecule has 3 fully saturated rings. The van der Waals surface area contributed by atoms with Crippen molar-refractivity contribution in [1.29, 1.82) is 0 Å². The number of rotatable bonds is 1. The third-order valence-electron chi connectivity index (χ3n) is 5.80. The smallest absolute Gasteiger partial charge is 0.248 e. The Hall–Kier alpha value is -1.06. The second-order valence-electron chi connectivity index (χ2n) is 7.27. The fourth-order valence-electron chi connectivity index (χ4n) is 4.55. The summed E-state index contributed by atoms with van der Waals surface area (Å²) in [5.74, 6) is 0.847. The minimum Gasteiger partial charge on any atom is -0.342 e. The van der Waals surface area contributed by atoms with Crippen LogP contribution >= 0.6 is 0 Å². The lowest BCUT2D eigenvalue weighted by atomic mass is 9.79. The van der Waals surface area contributed by atoms with E-state index >= 15 is 0 Å². The summed E-state index contributed by atoms with van der Waals surface area (Å²) in [5, 5.41) is 3.10. The van der Waals surface area contributed by atoms with Gasteiger partial charge in [0.25, 0.3) is 0 Å². The van der Waals surface area contributed by atoms with Crippen molar-refractivity contribution in [3.63, 3.8) is 0 Å². The number of nitrogens with one attached hydrogen (secondary N) is 1. The molecule has 2 amide bonds. The molecule has 1 saturated heterocycles. The molecule has 1 heterocycles. The Bertz CT molecular complexity index is 415. The molecule has 0 bridgehead atoms. The maximum Gasteiger partial charge on any atom is 0.248 e. The summed E-state index contributed by atoms with van der Waals surface area (Å²) in [4.78, 5) is 27.4. The largest absolute Gasteiger partial charge is 0.342 e.